The fourth-order valence-electron chi connectivity index (χ4n) is 1.88. The van der Waals surface area contributed by atoms with E-state index in [1.165, 1.54) is 6.39 Å². The Morgan fingerprint density at radius 3 is 2.91 bits per heavy atom. The average Bonchev–Trinajstić information content (AvgIpc) is 3.09. The molecule has 0 aliphatic carbocycles. The Morgan fingerprint density at radius 2 is 2.14 bits per heavy atom. The molecule has 0 aliphatic rings. The van der Waals surface area contributed by atoms with Crippen molar-refractivity contribution in [2.24, 2.45) is 0 Å². The van der Waals surface area contributed by atoms with Crippen molar-refractivity contribution in [3.8, 4) is 11.5 Å². The number of hydrogen-bond acceptors (Lipinski definition) is 5. The van der Waals surface area contributed by atoms with Crippen molar-refractivity contribution in [2.75, 3.05) is 5.32 Å². The predicted molar refractivity (Wildman–Crippen MR) is 79.8 cm³/mol. The third kappa shape index (κ3) is 3.45. The van der Waals surface area contributed by atoms with Gasteiger partial charge < -0.3 is 15.1 Å². The quantitative estimate of drug-likeness (QED) is 0.771. The van der Waals surface area contributed by atoms with Gasteiger partial charge in [-0.1, -0.05) is 12.1 Å². The number of nitrogens with zero attached hydrogens (tertiary/aromatic N) is 3. The van der Waals surface area contributed by atoms with E-state index in [-0.39, 0.29) is 6.03 Å². The number of pyridine rings is 1. The summed E-state index contributed by atoms with van der Waals surface area (Å²) in [7, 11) is 0. The molecule has 2 amide bonds. The summed E-state index contributed by atoms with van der Waals surface area (Å²) in [4.78, 5) is 16.0. The van der Waals surface area contributed by atoms with Gasteiger partial charge in [-0.05, 0) is 30.3 Å². The second kappa shape index (κ2) is 6.49. The predicted octanol–water partition coefficient (Wildman–Crippen LogP) is 2.45. The Kier molecular flexibility index (Phi) is 4.05. The number of anilines is 1. The van der Waals surface area contributed by atoms with Crippen LogP contribution in [0.1, 0.15) is 5.69 Å². The second-order valence-electron chi connectivity index (χ2n) is 4.45. The van der Waals surface area contributed by atoms with Crippen molar-refractivity contribution in [1.82, 2.24) is 20.5 Å². The molecule has 7 heteroatoms. The molecule has 0 spiro atoms. The number of amides is 2. The first-order valence-electron chi connectivity index (χ1n) is 6.62. The van der Waals surface area contributed by atoms with Crippen LogP contribution in [0.15, 0.2) is 59.5 Å². The van der Waals surface area contributed by atoms with Crippen LogP contribution < -0.4 is 10.6 Å². The largest absolute Gasteiger partial charge is 0.423 e. The summed E-state index contributed by atoms with van der Waals surface area (Å²) in [6.45, 7) is 0.357. The number of rotatable bonds is 4. The molecule has 0 unspecified atom stereocenters. The highest BCUT2D eigenvalue weighted by atomic mass is 16.4. The van der Waals surface area contributed by atoms with Crippen molar-refractivity contribution in [3.63, 3.8) is 0 Å². The van der Waals surface area contributed by atoms with Crippen LogP contribution in [0.5, 0.6) is 0 Å². The lowest BCUT2D eigenvalue weighted by atomic mass is 10.2. The highest BCUT2D eigenvalue weighted by Crippen LogP contribution is 2.20. The van der Waals surface area contributed by atoms with E-state index in [1.54, 1.807) is 24.4 Å². The second-order valence-corrected chi connectivity index (χ2v) is 4.45. The summed E-state index contributed by atoms with van der Waals surface area (Å²) < 4.78 is 5.13. The van der Waals surface area contributed by atoms with Gasteiger partial charge in [0, 0.05) is 17.4 Å². The summed E-state index contributed by atoms with van der Waals surface area (Å²) in [5, 5.41) is 12.9. The first kappa shape index (κ1) is 13.7. The van der Waals surface area contributed by atoms with Crippen molar-refractivity contribution in [2.45, 2.75) is 6.54 Å². The van der Waals surface area contributed by atoms with Gasteiger partial charge in [-0.25, -0.2) is 4.79 Å². The molecule has 22 heavy (non-hydrogen) atoms. The number of carbonyl (C=O) groups excluding carboxylic acids is 1. The van der Waals surface area contributed by atoms with E-state index in [2.05, 4.69) is 25.8 Å². The summed E-state index contributed by atoms with van der Waals surface area (Å²) in [5.41, 5.74) is 2.16. The summed E-state index contributed by atoms with van der Waals surface area (Å²) >= 11 is 0. The molecule has 1 aromatic carbocycles. The van der Waals surface area contributed by atoms with Crippen molar-refractivity contribution in [1.29, 1.82) is 0 Å². The minimum absolute atomic E-state index is 0.312. The minimum Gasteiger partial charge on any atom is -0.423 e. The van der Waals surface area contributed by atoms with Gasteiger partial charge in [0.2, 0.25) is 12.3 Å². The van der Waals surface area contributed by atoms with Crippen LogP contribution in [0.4, 0.5) is 10.5 Å². The molecule has 0 saturated heterocycles. The summed E-state index contributed by atoms with van der Waals surface area (Å²) in [5.74, 6) is 0.401. The van der Waals surface area contributed by atoms with E-state index >= 15 is 0 Å². The Morgan fingerprint density at radius 1 is 1.18 bits per heavy atom. The fourth-order valence-corrected chi connectivity index (χ4v) is 1.88. The SMILES string of the molecule is O=C(NCc1ccccn1)Nc1cccc(-c2nnco2)c1. The third-order valence-electron chi connectivity index (χ3n) is 2.88. The first-order valence-corrected chi connectivity index (χ1v) is 6.62. The standard InChI is InChI=1S/C15H13N5O2/c21-15(17-9-13-5-1-2-7-16-13)19-12-6-3-4-11(8-12)14-20-18-10-22-14/h1-8,10H,9H2,(H2,17,19,21). The van der Waals surface area contributed by atoms with E-state index in [1.807, 2.05) is 24.3 Å². The van der Waals surface area contributed by atoms with Crippen molar-refractivity contribution >= 4 is 11.7 Å². The Hall–Kier alpha value is -3.22. The first-order chi connectivity index (χ1) is 10.8. The van der Waals surface area contributed by atoms with E-state index in [9.17, 15) is 4.79 Å². The maximum absolute atomic E-state index is 11.9. The topological polar surface area (TPSA) is 92.9 Å². The molecule has 0 fully saturated rings. The van der Waals surface area contributed by atoms with Gasteiger partial charge >= 0.3 is 6.03 Å². The van der Waals surface area contributed by atoms with Crippen molar-refractivity contribution < 1.29 is 9.21 Å². The van der Waals surface area contributed by atoms with Gasteiger partial charge in [0.05, 0.1) is 12.2 Å². The van der Waals surface area contributed by atoms with Gasteiger partial charge in [0.15, 0.2) is 0 Å². The van der Waals surface area contributed by atoms with E-state index in [0.29, 0.717) is 18.1 Å². The molecule has 2 heterocycles. The molecule has 110 valence electrons. The van der Waals surface area contributed by atoms with Crippen LogP contribution in [0.2, 0.25) is 0 Å². The van der Waals surface area contributed by atoms with Crippen molar-refractivity contribution in [3.05, 3.63) is 60.7 Å². The van der Waals surface area contributed by atoms with Crippen LogP contribution in [-0.4, -0.2) is 21.2 Å². The lowest BCUT2D eigenvalue weighted by molar-refractivity contribution is 0.251. The highest BCUT2D eigenvalue weighted by Gasteiger charge is 2.06. The maximum Gasteiger partial charge on any atom is 0.319 e. The molecular formula is C15H13N5O2. The van der Waals surface area contributed by atoms with Gasteiger partial charge in [0.1, 0.15) is 0 Å². The zero-order chi connectivity index (χ0) is 15.2. The minimum atomic E-state index is -0.312. The molecule has 0 atom stereocenters. The number of benzene rings is 1. The van der Waals surface area contributed by atoms with Crippen LogP contribution in [-0.2, 0) is 6.54 Å². The average molecular weight is 295 g/mol. The number of nitrogens with one attached hydrogen (secondary N) is 2. The molecule has 3 rings (SSSR count). The summed E-state index contributed by atoms with van der Waals surface area (Å²) in [6, 6.07) is 12.4. The van der Waals surface area contributed by atoms with Gasteiger partial charge in [-0.3, -0.25) is 4.98 Å². The molecule has 7 nitrogen and oxygen atoms in total. The van der Waals surface area contributed by atoms with Gasteiger partial charge in [-0.2, -0.15) is 0 Å². The van der Waals surface area contributed by atoms with E-state index in [0.717, 1.165) is 11.3 Å². The van der Waals surface area contributed by atoms with Crippen LogP contribution >= 0.6 is 0 Å². The highest BCUT2D eigenvalue weighted by molar-refractivity contribution is 5.89. The Bertz CT molecular complexity index is 744. The lowest BCUT2D eigenvalue weighted by Crippen LogP contribution is -2.28. The number of aromatic nitrogens is 3. The molecular weight excluding hydrogens is 282 g/mol. The normalized spacial score (nSPS) is 10.2. The number of carbonyl (C=O) groups is 1. The summed E-state index contributed by atoms with van der Waals surface area (Å²) in [6.07, 6.45) is 2.94. The zero-order valence-electron chi connectivity index (χ0n) is 11.6. The molecule has 3 aromatic rings. The van der Waals surface area contributed by atoms with Crippen LogP contribution in [0.25, 0.3) is 11.5 Å². The van der Waals surface area contributed by atoms with Crippen LogP contribution in [0, 0.1) is 0 Å². The molecule has 2 aromatic heterocycles. The smallest absolute Gasteiger partial charge is 0.319 e. The van der Waals surface area contributed by atoms with E-state index < -0.39 is 0 Å². The lowest BCUT2D eigenvalue weighted by Gasteiger charge is -2.08. The fraction of sp³-hybridized carbons (Fsp3) is 0.0667. The van der Waals surface area contributed by atoms with Gasteiger partial charge in [0.25, 0.3) is 0 Å². The number of hydrogen-bond donors (Lipinski definition) is 2. The molecule has 0 saturated carbocycles. The molecule has 2 N–H and O–H groups in total. The van der Waals surface area contributed by atoms with Gasteiger partial charge in [-0.15, -0.1) is 10.2 Å². The van der Waals surface area contributed by atoms with E-state index in [4.69, 9.17) is 4.42 Å². The molecule has 0 aliphatic heterocycles. The Balaban J connectivity index is 1.61. The molecule has 0 radical (unpaired) electrons. The number of urea groups is 1. The third-order valence-corrected chi connectivity index (χ3v) is 2.88. The zero-order valence-corrected chi connectivity index (χ0v) is 11.6. The maximum atomic E-state index is 11.9. The van der Waals surface area contributed by atoms with Crippen LogP contribution in [0.3, 0.4) is 0 Å². The monoisotopic (exact) mass is 295 g/mol. The Labute approximate surface area is 126 Å². The molecule has 0 bridgehead atoms.